The maximum absolute atomic E-state index is 12.9. The van der Waals surface area contributed by atoms with Crippen molar-refractivity contribution in [1.29, 1.82) is 0 Å². The number of halogens is 3. The van der Waals surface area contributed by atoms with Crippen LogP contribution in [0.3, 0.4) is 0 Å². The summed E-state index contributed by atoms with van der Waals surface area (Å²) >= 11 is 0.372. The molecule has 0 bridgehead atoms. The number of H-pyrrole nitrogens is 1. The number of alkyl halides is 3. The van der Waals surface area contributed by atoms with E-state index in [2.05, 4.69) is 30.6 Å². The van der Waals surface area contributed by atoms with Gasteiger partial charge in [-0.25, -0.2) is 14.6 Å². The predicted octanol–water partition coefficient (Wildman–Crippen LogP) is 2.71. The fourth-order valence-electron chi connectivity index (χ4n) is 1.48. The smallest absolute Gasteiger partial charge is 0.435 e. The molecule has 0 aliphatic heterocycles. The van der Waals surface area contributed by atoms with Crippen LogP contribution in [0.4, 0.5) is 28.9 Å². The Labute approximate surface area is 131 Å². The molecule has 2 amide bonds. The second-order valence-electron chi connectivity index (χ2n) is 3.96. The third-order valence-corrected chi connectivity index (χ3v) is 3.28. The van der Waals surface area contributed by atoms with E-state index in [1.165, 1.54) is 19.2 Å². The third-order valence-electron chi connectivity index (χ3n) is 2.33. The van der Waals surface area contributed by atoms with E-state index in [1.54, 1.807) is 0 Å². The van der Waals surface area contributed by atoms with Crippen LogP contribution in [0.5, 0.6) is 0 Å². The van der Waals surface area contributed by atoms with Gasteiger partial charge in [-0.15, -0.1) is 0 Å². The summed E-state index contributed by atoms with van der Waals surface area (Å²) in [6.45, 7) is 1.38. The number of ether oxygens (including phenoxy) is 1. The molecular formula is C11H10F3N5O3S. The SMILES string of the molecule is CCOC(=O)c1sc(NC(=O)Nc2ccn[nH]2)nc1C(F)(F)F. The first-order chi connectivity index (χ1) is 10.8. The van der Waals surface area contributed by atoms with Crippen LogP contribution in [0.1, 0.15) is 22.3 Å². The average molecular weight is 349 g/mol. The molecule has 0 saturated carbocycles. The molecule has 2 aromatic heterocycles. The minimum Gasteiger partial charge on any atom is -0.462 e. The Bertz CT molecular complexity index is 698. The zero-order valence-corrected chi connectivity index (χ0v) is 12.3. The molecule has 23 heavy (non-hydrogen) atoms. The van der Waals surface area contributed by atoms with Crippen molar-refractivity contribution in [2.75, 3.05) is 17.2 Å². The summed E-state index contributed by atoms with van der Waals surface area (Å²) in [4.78, 5) is 25.7. The Kier molecular flexibility index (Phi) is 4.83. The van der Waals surface area contributed by atoms with E-state index < -0.39 is 33.9 Å². The quantitative estimate of drug-likeness (QED) is 0.735. The van der Waals surface area contributed by atoms with Gasteiger partial charge in [-0.1, -0.05) is 11.3 Å². The van der Waals surface area contributed by atoms with Gasteiger partial charge in [-0.3, -0.25) is 15.7 Å². The summed E-state index contributed by atoms with van der Waals surface area (Å²) in [5, 5.41) is 10.0. The summed E-state index contributed by atoms with van der Waals surface area (Å²) in [6, 6.07) is 0.597. The summed E-state index contributed by atoms with van der Waals surface area (Å²) in [6.07, 6.45) is -3.47. The molecule has 0 aliphatic rings. The van der Waals surface area contributed by atoms with Crippen LogP contribution in [0.25, 0.3) is 0 Å². The number of thiazole rings is 1. The van der Waals surface area contributed by atoms with Crippen molar-refractivity contribution < 1.29 is 27.5 Å². The van der Waals surface area contributed by atoms with E-state index in [0.717, 1.165) is 0 Å². The van der Waals surface area contributed by atoms with Crippen molar-refractivity contribution in [2.45, 2.75) is 13.1 Å². The van der Waals surface area contributed by atoms with Crippen molar-refractivity contribution >= 4 is 34.3 Å². The Hall–Kier alpha value is -2.63. The van der Waals surface area contributed by atoms with Gasteiger partial charge in [0.25, 0.3) is 0 Å². The predicted molar refractivity (Wildman–Crippen MR) is 74.3 cm³/mol. The van der Waals surface area contributed by atoms with E-state index in [9.17, 15) is 22.8 Å². The van der Waals surface area contributed by atoms with E-state index >= 15 is 0 Å². The van der Waals surface area contributed by atoms with Gasteiger partial charge in [-0.2, -0.15) is 18.3 Å². The highest BCUT2D eigenvalue weighted by atomic mass is 32.1. The highest BCUT2D eigenvalue weighted by Gasteiger charge is 2.40. The molecule has 124 valence electrons. The maximum Gasteiger partial charge on any atom is 0.435 e. The van der Waals surface area contributed by atoms with Crippen LogP contribution in [-0.4, -0.2) is 33.8 Å². The normalized spacial score (nSPS) is 11.1. The molecule has 0 aliphatic carbocycles. The van der Waals surface area contributed by atoms with Crippen molar-refractivity contribution in [1.82, 2.24) is 15.2 Å². The van der Waals surface area contributed by atoms with Crippen molar-refractivity contribution in [2.24, 2.45) is 0 Å². The Morgan fingerprint density at radius 3 is 2.70 bits per heavy atom. The molecule has 0 spiro atoms. The second-order valence-corrected chi connectivity index (χ2v) is 4.96. The number of amides is 2. The largest absolute Gasteiger partial charge is 0.462 e. The fourth-order valence-corrected chi connectivity index (χ4v) is 2.35. The first kappa shape index (κ1) is 16.7. The molecule has 0 unspecified atom stereocenters. The van der Waals surface area contributed by atoms with E-state index in [1.807, 2.05) is 0 Å². The van der Waals surface area contributed by atoms with E-state index in [-0.39, 0.29) is 12.4 Å². The highest BCUT2D eigenvalue weighted by molar-refractivity contribution is 7.17. The number of esters is 1. The van der Waals surface area contributed by atoms with Gasteiger partial charge in [0.2, 0.25) is 0 Å². The van der Waals surface area contributed by atoms with Crippen molar-refractivity contribution in [3.8, 4) is 0 Å². The minimum atomic E-state index is -4.85. The fraction of sp³-hybridized carbons (Fsp3) is 0.273. The highest BCUT2D eigenvalue weighted by Crippen LogP contribution is 2.36. The number of nitrogens with zero attached hydrogens (tertiary/aromatic N) is 2. The molecule has 0 aromatic carbocycles. The molecule has 3 N–H and O–H groups in total. The first-order valence-electron chi connectivity index (χ1n) is 6.13. The molecule has 0 radical (unpaired) electrons. The number of anilines is 2. The Morgan fingerprint density at radius 1 is 1.39 bits per heavy atom. The summed E-state index contributed by atoms with van der Waals surface area (Å²) in [5.41, 5.74) is -1.40. The molecule has 2 heterocycles. The van der Waals surface area contributed by atoms with Crippen LogP contribution in [-0.2, 0) is 10.9 Å². The topological polar surface area (TPSA) is 109 Å². The average Bonchev–Trinajstić information content (AvgIpc) is 3.07. The van der Waals surface area contributed by atoms with Gasteiger partial charge in [0, 0.05) is 6.07 Å². The number of hydrogen-bond acceptors (Lipinski definition) is 6. The molecule has 12 heteroatoms. The van der Waals surface area contributed by atoms with Crippen LogP contribution >= 0.6 is 11.3 Å². The lowest BCUT2D eigenvalue weighted by Gasteiger charge is -2.05. The van der Waals surface area contributed by atoms with Crippen molar-refractivity contribution in [3.63, 3.8) is 0 Å². The Morgan fingerprint density at radius 2 is 2.13 bits per heavy atom. The van der Waals surface area contributed by atoms with E-state index in [0.29, 0.717) is 11.3 Å². The van der Waals surface area contributed by atoms with Crippen molar-refractivity contribution in [3.05, 3.63) is 22.8 Å². The third kappa shape index (κ3) is 4.18. The van der Waals surface area contributed by atoms with Gasteiger partial charge in [0.15, 0.2) is 10.8 Å². The van der Waals surface area contributed by atoms with Crippen LogP contribution in [0, 0.1) is 0 Å². The number of aromatic amines is 1. The number of hydrogen-bond donors (Lipinski definition) is 3. The zero-order valence-electron chi connectivity index (χ0n) is 11.5. The molecular weight excluding hydrogens is 339 g/mol. The van der Waals surface area contributed by atoms with Gasteiger partial charge in [0.05, 0.1) is 12.8 Å². The first-order valence-corrected chi connectivity index (χ1v) is 6.95. The minimum absolute atomic E-state index is 0.0862. The zero-order chi connectivity index (χ0) is 17.0. The number of rotatable bonds is 4. The molecule has 2 rings (SSSR count). The number of nitrogens with one attached hydrogen (secondary N) is 3. The van der Waals surface area contributed by atoms with Crippen LogP contribution < -0.4 is 10.6 Å². The Balaban J connectivity index is 2.19. The lowest BCUT2D eigenvalue weighted by atomic mass is 10.3. The molecule has 0 saturated heterocycles. The van der Waals surface area contributed by atoms with Gasteiger partial charge < -0.3 is 4.74 Å². The number of carbonyl (C=O) groups is 2. The molecule has 0 fully saturated rings. The maximum atomic E-state index is 12.9. The van der Waals surface area contributed by atoms with E-state index in [4.69, 9.17) is 0 Å². The number of aromatic nitrogens is 3. The number of urea groups is 1. The lowest BCUT2D eigenvalue weighted by Crippen LogP contribution is -2.19. The lowest BCUT2D eigenvalue weighted by molar-refractivity contribution is -0.141. The monoisotopic (exact) mass is 349 g/mol. The van der Waals surface area contributed by atoms with Gasteiger partial charge in [0.1, 0.15) is 10.7 Å². The molecule has 8 nitrogen and oxygen atoms in total. The van der Waals surface area contributed by atoms with Crippen LogP contribution in [0.2, 0.25) is 0 Å². The summed E-state index contributed by atoms with van der Waals surface area (Å²) in [5.74, 6) is -0.917. The number of carbonyl (C=O) groups excluding carboxylic acids is 2. The van der Waals surface area contributed by atoms with Gasteiger partial charge >= 0.3 is 18.2 Å². The summed E-state index contributed by atoms with van der Waals surface area (Å²) in [7, 11) is 0. The summed E-state index contributed by atoms with van der Waals surface area (Å²) < 4.78 is 43.3. The van der Waals surface area contributed by atoms with Gasteiger partial charge in [-0.05, 0) is 6.92 Å². The molecule has 0 atom stereocenters. The standard InChI is InChI=1S/C11H10F3N5O3S/c1-2-22-8(20)6-7(11(12,13)14)17-10(23-6)18-9(21)16-5-3-4-15-19-5/h3-4H,2H2,1H3,(H3,15,16,17,18,19,21). The molecule has 2 aromatic rings. The van der Waals surface area contributed by atoms with Crippen LogP contribution in [0.15, 0.2) is 12.3 Å². The second kappa shape index (κ2) is 6.64.